The summed E-state index contributed by atoms with van der Waals surface area (Å²) in [4.78, 5) is 27.7. The van der Waals surface area contributed by atoms with Gasteiger partial charge in [0.15, 0.2) is 5.65 Å². The molecule has 7 nitrogen and oxygen atoms in total. The minimum atomic E-state index is -1.04. The zero-order valence-corrected chi connectivity index (χ0v) is 12.2. The van der Waals surface area contributed by atoms with Gasteiger partial charge in [0.1, 0.15) is 11.6 Å². The fourth-order valence-electron chi connectivity index (χ4n) is 2.05. The number of hydrogen-bond donors (Lipinski definition) is 2. The zero-order valence-electron chi connectivity index (χ0n) is 12.2. The number of aryl methyl sites for hydroxylation is 1. The monoisotopic (exact) mass is 290 g/mol. The first-order valence-corrected chi connectivity index (χ1v) is 6.73. The van der Waals surface area contributed by atoms with Gasteiger partial charge in [0, 0.05) is 11.9 Å². The van der Waals surface area contributed by atoms with E-state index in [2.05, 4.69) is 15.4 Å². The Labute approximate surface area is 122 Å². The summed E-state index contributed by atoms with van der Waals surface area (Å²) in [6.07, 6.45) is 3.47. The Morgan fingerprint density at radius 2 is 2.14 bits per heavy atom. The number of hydrogen-bond acceptors (Lipinski definition) is 4. The van der Waals surface area contributed by atoms with Gasteiger partial charge < -0.3 is 10.4 Å². The topological polar surface area (TPSA) is 96.6 Å². The molecule has 0 spiro atoms. The molecule has 0 aromatic carbocycles. The van der Waals surface area contributed by atoms with Gasteiger partial charge in [-0.05, 0) is 25.3 Å². The summed E-state index contributed by atoms with van der Waals surface area (Å²) in [6, 6.07) is 0.859. The van der Waals surface area contributed by atoms with Crippen LogP contribution >= 0.6 is 0 Å². The van der Waals surface area contributed by atoms with Crippen LogP contribution in [0.25, 0.3) is 5.65 Å². The van der Waals surface area contributed by atoms with E-state index >= 15 is 0 Å². The van der Waals surface area contributed by atoms with Crippen molar-refractivity contribution in [2.75, 3.05) is 0 Å². The quantitative estimate of drug-likeness (QED) is 0.864. The van der Waals surface area contributed by atoms with Crippen LogP contribution in [-0.4, -0.2) is 37.6 Å². The molecule has 21 heavy (non-hydrogen) atoms. The highest BCUT2D eigenvalue weighted by atomic mass is 16.4. The molecule has 1 amide bonds. The van der Waals surface area contributed by atoms with Gasteiger partial charge in [-0.15, -0.1) is 0 Å². The van der Waals surface area contributed by atoms with Gasteiger partial charge in [-0.1, -0.05) is 13.8 Å². The van der Waals surface area contributed by atoms with Crippen molar-refractivity contribution < 1.29 is 14.7 Å². The zero-order chi connectivity index (χ0) is 15.6. The molecule has 0 saturated carbocycles. The first-order valence-electron chi connectivity index (χ1n) is 6.73. The van der Waals surface area contributed by atoms with E-state index in [1.54, 1.807) is 12.3 Å². The second-order valence-electron chi connectivity index (χ2n) is 5.39. The number of rotatable bonds is 5. The number of carbonyl (C=O) groups is 2. The molecular formula is C14H18N4O3. The van der Waals surface area contributed by atoms with Crippen molar-refractivity contribution in [3.05, 3.63) is 29.7 Å². The Bertz CT molecular complexity index is 678. The number of carbonyl (C=O) groups excluding carboxylic acids is 1. The molecule has 7 heteroatoms. The fourth-order valence-corrected chi connectivity index (χ4v) is 2.05. The molecule has 2 N–H and O–H groups in total. The van der Waals surface area contributed by atoms with Crippen LogP contribution in [0.15, 0.2) is 18.5 Å². The van der Waals surface area contributed by atoms with Crippen molar-refractivity contribution in [2.45, 2.75) is 33.2 Å². The Morgan fingerprint density at radius 3 is 2.76 bits per heavy atom. The molecule has 0 aliphatic carbocycles. The summed E-state index contributed by atoms with van der Waals surface area (Å²) in [5, 5.41) is 15.7. The van der Waals surface area contributed by atoms with Crippen LogP contribution in [0.3, 0.4) is 0 Å². The predicted molar refractivity (Wildman–Crippen MR) is 76.1 cm³/mol. The molecule has 2 heterocycles. The predicted octanol–water partition coefficient (Wildman–Crippen LogP) is 1.27. The number of amides is 1. The highest BCUT2D eigenvalue weighted by molar-refractivity contribution is 6.01. The second-order valence-corrected chi connectivity index (χ2v) is 5.39. The summed E-state index contributed by atoms with van der Waals surface area (Å²) in [5.74, 6) is -1.36. The lowest BCUT2D eigenvalue weighted by molar-refractivity contribution is -0.139. The largest absolute Gasteiger partial charge is 0.480 e. The smallest absolute Gasteiger partial charge is 0.326 e. The number of nitrogens with zero attached hydrogens (tertiary/aromatic N) is 3. The molecule has 1 atom stereocenters. The van der Waals surface area contributed by atoms with E-state index in [1.807, 2.05) is 20.8 Å². The van der Waals surface area contributed by atoms with Crippen LogP contribution in [0.4, 0.5) is 0 Å². The molecule has 112 valence electrons. The molecule has 0 unspecified atom stereocenters. The normalized spacial score (nSPS) is 12.6. The number of fused-ring (bicyclic) bond motifs is 1. The molecule has 2 rings (SSSR count). The fraction of sp³-hybridized carbons (Fsp3) is 0.429. The van der Waals surface area contributed by atoms with Gasteiger partial charge in [0.05, 0.1) is 6.20 Å². The molecule has 2 aromatic rings. The van der Waals surface area contributed by atoms with Crippen molar-refractivity contribution in [3.8, 4) is 0 Å². The van der Waals surface area contributed by atoms with Crippen LogP contribution in [-0.2, 0) is 4.79 Å². The van der Waals surface area contributed by atoms with Gasteiger partial charge >= 0.3 is 5.97 Å². The van der Waals surface area contributed by atoms with E-state index in [1.165, 1.54) is 10.7 Å². The minimum Gasteiger partial charge on any atom is -0.480 e. The number of carboxylic acid groups (broad SMARTS) is 1. The van der Waals surface area contributed by atoms with Crippen LogP contribution in [0, 0.1) is 12.8 Å². The van der Waals surface area contributed by atoms with E-state index in [9.17, 15) is 14.7 Å². The van der Waals surface area contributed by atoms with Crippen molar-refractivity contribution >= 4 is 17.5 Å². The van der Waals surface area contributed by atoms with E-state index in [-0.39, 0.29) is 11.5 Å². The van der Waals surface area contributed by atoms with Gasteiger partial charge in [-0.3, -0.25) is 4.79 Å². The maximum atomic E-state index is 12.3. The first kappa shape index (κ1) is 15.0. The van der Waals surface area contributed by atoms with Gasteiger partial charge in [0.2, 0.25) is 0 Å². The Balaban J connectivity index is 2.25. The van der Waals surface area contributed by atoms with Crippen molar-refractivity contribution in [1.82, 2.24) is 19.9 Å². The molecule has 0 bridgehead atoms. The van der Waals surface area contributed by atoms with Crippen molar-refractivity contribution in [2.24, 2.45) is 5.92 Å². The third kappa shape index (κ3) is 3.36. The van der Waals surface area contributed by atoms with E-state index in [0.717, 1.165) is 5.69 Å². The van der Waals surface area contributed by atoms with Crippen LogP contribution in [0.5, 0.6) is 0 Å². The van der Waals surface area contributed by atoms with Gasteiger partial charge in [0.25, 0.3) is 5.91 Å². The highest BCUT2D eigenvalue weighted by Crippen LogP contribution is 2.11. The van der Waals surface area contributed by atoms with Crippen LogP contribution in [0.1, 0.15) is 36.3 Å². The third-order valence-electron chi connectivity index (χ3n) is 3.06. The standard InChI is InChI=1S/C14H18N4O3/c1-8(2)6-11(14(20)21)17-13(19)10-7-15-18-5-4-9(3)16-12(10)18/h4-5,7-8,11H,6H2,1-3H3,(H,17,19)(H,20,21)/t11-/m0/s1. The van der Waals surface area contributed by atoms with Crippen molar-refractivity contribution in [3.63, 3.8) is 0 Å². The Kier molecular flexibility index (Phi) is 4.21. The van der Waals surface area contributed by atoms with E-state index in [0.29, 0.717) is 12.1 Å². The molecule has 0 fully saturated rings. The van der Waals surface area contributed by atoms with Gasteiger partial charge in [-0.2, -0.15) is 5.10 Å². The molecule has 2 aromatic heterocycles. The first-order chi connectivity index (χ1) is 9.88. The maximum absolute atomic E-state index is 12.3. The number of carboxylic acids is 1. The molecule has 0 aliphatic rings. The van der Waals surface area contributed by atoms with Crippen molar-refractivity contribution in [1.29, 1.82) is 0 Å². The molecule has 0 saturated heterocycles. The van der Waals surface area contributed by atoms with Gasteiger partial charge in [-0.25, -0.2) is 14.3 Å². The maximum Gasteiger partial charge on any atom is 0.326 e. The number of aromatic nitrogens is 3. The Morgan fingerprint density at radius 1 is 1.43 bits per heavy atom. The average Bonchev–Trinajstić information content (AvgIpc) is 2.80. The SMILES string of the molecule is Cc1ccn2ncc(C(=O)N[C@@H](CC(C)C)C(=O)O)c2n1. The summed E-state index contributed by atoms with van der Waals surface area (Å²) in [5.41, 5.74) is 1.45. The molecule has 0 aliphatic heterocycles. The molecule has 0 radical (unpaired) electrons. The molecular weight excluding hydrogens is 272 g/mol. The highest BCUT2D eigenvalue weighted by Gasteiger charge is 2.23. The second kappa shape index (κ2) is 5.90. The lowest BCUT2D eigenvalue weighted by atomic mass is 10.0. The number of aliphatic carboxylic acids is 1. The summed E-state index contributed by atoms with van der Waals surface area (Å²) >= 11 is 0. The lowest BCUT2D eigenvalue weighted by Gasteiger charge is -2.15. The average molecular weight is 290 g/mol. The van der Waals surface area contributed by atoms with Crippen LogP contribution < -0.4 is 5.32 Å². The lowest BCUT2D eigenvalue weighted by Crippen LogP contribution is -2.41. The third-order valence-corrected chi connectivity index (χ3v) is 3.06. The Hall–Kier alpha value is -2.44. The summed E-state index contributed by atoms with van der Waals surface area (Å²) < 4.78 is 1.49. The van der Waals surface area contributed by atoms with E-state index < -0.39 is 17.9 Å². The minimum absolute atomic E-state index is 0.163. The van der Waals surface area contributed by atoms with E-state index in [4.69, 9.17) is 0 Å². The van der Waals surface area contributed by atoms with Crippen LogP contribution in [0.2, 0.25) is 0 Å². The summed E-state index contributed by atoms with van der Waals surface area (Å²) in [6.45, 7) is 5.62. The summed E-state index contributed by atoms with van der Waals surface area (Å²) in [7, 11) is 0. The number of nitrogens with one attached hydrogen (secondary N) is 1.